The molecule has 0 amide bonds. The van der Waals surface area contributed by atoms with Crippen molar-refractivity contribution in [1.82, 2.24) is 0 Å². The molecule has 0 aromatic heterocycles. The lowest BCUT2D eigenvalue weighted by molar-refractivity contribution is 0.0698. The average Bonchev–Trinajstić information content (AvgIpc) is 2.41. The molecule has 8 heteroatoms. The molecular formula is C13H9Cl2NO4S. The van der Waals surface area contributed by atoms with Crippen molar-refractivity contribution in [3.8, 4) is 0 Å². The predicted octanol–water partition coefficient (Wildman–Crippen LogP) is 3.49. The molecule has 0 radical (unpaired) electrons. The molecule has 0 aliphatic carbocycles. The van der Waals surface area contributed by atoms with Crippen molar-refractivity contribution in [2.45, 2.75) is 4.90 Å². The number of nitrogens with one attached hydrogen (secondary N) is 1. The van der Waals surface area contributed by atoms with Gasteiger partial charge in [-0.3, -0.25) is 4.72 Å². The van der Waals surface area contributed by atoms with E-state index in [-0.39, 0.29) is 26.2 Å². The number of para-hydroxylation sites is 1. The number of hydrogen-bond acceptors (Lipinski definition) is 3. The SMILES string of the molecule is O=C(O)c1ccccc1NS(=O)(=O)c1cccc(Cl)c1Cl. The van der Waals surface area contributed by atoms with Gasteiger partial charge >= 0.3 is 5.97 Å². The Labute approximate surface area is 131 Å². The van der Waals surface area contributed by atoms with E-state index in [2.05, 4.69) is 4.72 Å². The summed E-state index contributed by atoms with van der Waals surface area (Å²) in [6.07, 6.45) is 0. The standard InChI is InChI=1S/C13H9Cl2NO4S/c14-9-5-3-7-11(12(9)15)21(19,20)16-10-6-2-1-4-8(10)13(17)18/h1-7,16H,(H,17,18). The largest absolute Gasteiger partial charge is 0.478 e. The number of halogens is 2. The van der Waals surface area contributed by atoms with E-state index in [9.17, 15) is 13.2 Å². The maximum absolute atomic E-state index is 12.3. The molecular weight excluding hydrogens is 337 g/mol. The summed E-state index contributed by atoms with van der Waals surface area (Å²) >= 11 is 11.7. The minimum absolute atomic E-state index is 0.0546. The van der Waals surface area contributed by atoms with Crippen LogP contribution in [0.1, 0.15) is 10.4 Å². The van der Waals surface area contributed by atoms with Crippen LogP contribution in [-0.4, -0.2) is 19.5 Å². The Morgan fingerprint density at radius 1 is 1.05 bits per heavy atom. The summed E-state index contributed by atoms with van der Waals surface area (Å²) < 4.78 is 26.8. The quantitative estimate of drug-likeness (QED) is 0.888. The smallest absolute Gasteiger partial charge is 0.337 e. The molecule has 0 spiro atoms. The van der Waals surface area contributed by atoms with Gasteiger partial charge in [0.25, 0.3) is 10.0 Å². The molecule has 2 aromatic rings. The highest BCUT2D eigenvalue weighted by atomic mass is 35.5. The van der Waals surface area contributed by atoms with Crippen LogP contribution in [0.5, 0.6) is 0 Å². The second kappa shape index (κ2) is 5.93. The Morgan fingerprint density at radius 3 is 2.38 bits per heavy atom. The van der Waals surface area contributed by atoms with Crippen LogP contribution >= 0.6 is 23.2 Å². The Kier molecular flexibility index (Phi) is 4.41. The fraction of sp³-hybridized carbons (Fsp3) is 0. The van der Waals surface area contributed by atoms with Gasteiger partial charge in [-0.2, -0.15) is 0 Å². The highest BCUT2D eigenvalue weighted by molar-refractivity contribution is 7.92. The van der Waals surface area contributed by atoms with E-state index in [1.165, 1.54) is 42.5 Å². The molecule has 0 aliphatic heterocycles. The number of carboxylic acids is 1. The Hall–Kier alpha value is -1.76. The zero-order chi connectivity index (χ0) is 15.6. The first-order chi connectivity index (χ1) is 9.83. The van der Waals surface area contributed by atoms with Crippen LogP contribution in [0.4, 0.5) is 5.69 Å². The third kappa shape index (κ3) is 3.29. The highest BCUT2D eigenvalue weighted by Crippen LogP contribution is 2.30. The lowest BCUT2D eigenvalue weighted by Crippen LogP contribution is -2.16. The molecule has 0 saturated heterocycles. The minimum atomic E-state index is -4.05. The number of hydrogen-bond donors (Lipinski definition) is 2. The lowest BCUT2D eigenvalue weighted by atomic mass is 10.2. The number of rotatable bonds is 4. The maximum Gasteiger partial charge on any atom is 0.337 e. The zero-order valence-electron chi connectivity index (χ0n) is 10.4. The molecule has 0 bridgehead atoms. The van der Waals surface area contributed by atoms with E-state index in [4.69, 9.17) is 28.3 Å². The molecule has 0 heterocycles. The van der Waals surface area contributed by atoms with Gasteiger partial charge < -0.3 is 5.11 Å². The first kappa shape index (κ1) is 15.6. The van der Waals surface area contributed by atoms with E-state index in [0.29, 0.717) is 0 Å². The minimum Gasteiger partial charge on any atom is -0.478 e. The van der Waals surface area contributed by atoms with Crippen LogP contribution in [-0.2, 0) is 10.0 Å². The van der Waals surface area contributed by atoms with E-state index in [1.807, 2.05) is 0 Å². The first-order valence-corrected chi connectivity index (χ1v) is 7.86. The van der Waals surface area contributed by atoms with E-state index >= 15 is 0 Å². The fourth-order valence-electron chi connectivity index (χ4n) is 1.65. The molecule has 0 unspecified atom stereocenters. The Morgan fingerprint density at radius 2 is 1.71 bits per heavy atom. The molecule has 21 heavy (non-hydrogen) atoms. The van der Waals surface area contributed by atoms with Crippen LogP contribution in [0, 0.1) is 0 Å². The predicted molar refractivity (Wildman–Crippen MR) is 80.7 cm³/mol. The van der Waals surface area contributed by atoms with Crippen LogP contribution in [0.2, 0.25) is 10.0 Å². The molecule has 0 atom stereocenters. The maximum atomic E-state index is 12.3. The monoisotopic (exact) mass is 345 g/mol. The third-order valence-corrected chi connectivity index (χ3v) is 4.95. The summed E-state index contributed by atoms with van der Waals surface area (Å²) in [4.78, 5) is 10.9. The fourth-order valence-corrected chi connectivity index (χ4v) is 3.49. The molecule has 2 rings (SSSR count). The van der Waals surface area contributed by atoms with Gasteiger partial charge in [0.1, 0.15) is 4.90 Å². The summed E-state index contributed by atoms with van der Waals surface area (Å²) in [6.45, 7) is 0. The number of carboxylic acid groups (broad SMARTS) is 1. The van der Waals surface area contributed by atoms with Crippen LogP contribution < -0.4 is 4.72 Å². The third-order valence-electron chi connectivity index (χ3n) is 2.61. The Bertz CT molecular complexity index is 806. The van der Waals surface area contributed by atoms with Gasteiger partial charge in [-0.1, -0.05) is 41.4 Å². The molecule has 5 nitrogen and oxygen atoms in total. The van der Waals surface area contributed by atoms with Gasteiger partial charge in [-0.25, -0.2) is 13.2 Å². The van der Waals surface area contributed by atoms with Crippen molar-refractivity contribution in [2.75, 3.05) is 4.72 Å². The van der Waals surface area contributed by atoms with E-state index in [1.54, 1.807) is 0 Å². The lowest BCUT2D eigenvalue weighted by Gasteiger charge is -2.12. The van der Waals surface area contributed by atoms with Crippen molar-refractivity contribution in [3.05, 3.63) is 58.1 Å². The van der Waals surface area contributed by atoms with Crippen LogP contribution in [0.25, 0.3) is 0 Å². The van der Waals surface area contributed by atoms with Gasteiger partial charge in [-0.05, 0) is 24.3 Å². The number of benzene rings is 2. The van der Waals surface area contributed by atoms with Gasteiger partial charge in [0.05, 0.1) is 21.3 Å². The number of carbonyl (C=O) groups is 1. The average molecular weight is 346 g/mol. The molecule has 0 saturated carbocycles. The van der Waals surface area contributed by atoms with Gasteiger partial charge in [0.2, 0.25) is 0 Å². The summed E-state index contributed by atoms with van der Waals surface area (Å²) in [5, 5.41) is 9.01. The normalized spacial score (nSPS) is 11.1. The first-order valence-electron chi connectivity index (χ1n) is 5.62. The van der Waals surface area contributed by atoms with Crippen molar-refractivity contribution in [2.24, 2.45) is 0 Å². The van der Waals surface area contributed by atoms with Crippen molar-refractivity contribution < 1.29 is 18.3 Å². The van der Waals surface area contributed by atoms with Gasteiger partial charge in [0, 0.05) is 0 Å². The number of sulfonamides is 1. The second-order valence-electron chi connectivity index (χ2n) is 4.01. The highest BCUT2D eigenvalue weighted by Gasteiger charge is 2.21. The summed E-state index contributed by atoms with van der Waals surface area (Å²) in [6, 6.07) is 9.82. The van der Waals surface area contributed by atoms with E-state index in [0.717, 1.165) is 0 Å². The van der Waals surface area contributed by atoms with E-state index < -0.39 is 16.0 Å². The molecule has 110 valence electrons. The summed E-state index contributed by atoms with van der Waals surface area (Å²) in [5.74, 6) is -1.24. The van der Waals surface area contributed by atoms with Gasteiger partial charge in [0.15, 0.2) is 0 Å². The van der Waals surface area contributed by atoms with Crippen LogP contribution in [0.15, 0.2) is 47.4 Å². The molecule has 0 fully saturated rings. The number of aromatic carboxylic acids is 1. The molecule has 2 aromatic carbocycles. The summed E-state index contributed by atoms with van der Waals surface area (Å²) in [7, 11) is -4.05. The Balaban J connectivity index is 2.48. The van der Waals surface area contributed by atoms with Crippen molar-refractivity contribution >= 4 is 44.9 Å². The molecule has 2 N–H and O–H groups in total. The number of anilines is 1. The molecule has 0 aliphatic rings. The zero-order valence-corrected chi connectivity index (χ0v) is 12.7. The van der Waals surface area contributed by atoms with Crippen molar-refractivity contribution in [1.29, 1.82) is 0 Å². The van der Waals surface area contributed by atoms with Crippen molar-refractivity contribution in [3.63, 3.8) is 0 Å². The topological polar surface area (TPSA) is 83.5 Å². The van der Waals surface area contributed by atoms with Gasteiger partial charge in [-0.15, -0.1) is 0 Å². The summed E-state index contributed by atoms with van der Waals surface area (Å²) in [5.41, 5.74) is -0.222. The second-order valence-corrected chi connectivity index (χ2v) is 6.44. The van der Waals surface area contributed by atoms with Crippen LogP contribution in [0.3, 0.4) is 0 Å².